The van der Waals surface area contributed by atoms with Crippen LogP contribution in [0.15, 0.2) is 235 Å². The summed E-state index contributed by atoms with van der Waals surface area (Å²) in [7, 11) is 0. The van der Waals surface area contributed by atoms with Crippen LogP contribution in [0.2, 0.25) is 0 Å². The Morgan fingerprint density at radius 1 is 0.265 bits per heavy atom. The number of hydrogen-bond donors (Lipinski definition) is 0. The fraction of sp³-hybridized carbons (Fsp3) is 0.0149. The van der Waals surface area contributed by atoms with Crippen LogP contribution in [0.25, 0.3) is 131 Å². The first-order valence-corrected chi connectivity index (χ1v) is 23.8. The first-order chi connectivity index (χ1) is 33.8. The van der Waals surface area contributed by atoms with Crippen molar-refractivity contribution in [3.63, 3.8) is 0 Å². The Kier molecular flexibility index (Phi) is 7.07. The van der Waals surface area contributed by atoms with E-state index < -0.39 is 5.41 Å². The molecule has 0 saturated carbocycles. The van der Waals surface area contributed by atoms with Crippen molar-refractivity contribution in [2.24, 2.45) is 0 Å². The van der Waals surface area contributed by atoms with Gasteiger partial charge in [0.25, 0.3) is 0 Å². The maximum Gasteiger partial charge on any atom is 0.136 e. The lowest BCUT2D eigenvalue weighted by Crippen LogP contribution is -2.26. The molecule has 2 aliphatic carbocycles. The molecule has 14 aromatic rings. The molecule has 0 unspecified atom stereocenters. The Hall–Kier alpha value is -8.78. The van der Waals surface area contributed by atoms with Crippen LogP contribution in [0.5, 0.6) is 0 Å². The Labute approximate surface area is 391 Å². The predicted molar refractivity (Wildman–Crippen MR) is 286 cm³/mol. The second kappa shape index (κ2) is 13.2. The van der Waals surface area contributed by atoms with E-state index >= 15 is 0 Å². The Morgan fingerprint density at radius 3 is 1.38 bits per heavy atom. The van der Waals surface area contributed by atoms with Gasteiger partial charge in [0.15, 0.2) is 0 Å². The van der Waals surface area contributed by atoms with E-state index in [9.17, 15) is 0 Å². The van der Waals surface area contributed by atoms with Gasteiger partial charge in [-0.2, -0.15) is 0 Å². The molecule has 1 heteroatoms. The minimum atomic E-state index is -0.571. The van der Waals surface area contributed by atoms with Gasteiger partial charge < -0.3 is 4.42 Å². The molecule has 2 aliphatic rings. The molecule has 13 aromatic carbocycles. The van der Waals surface area contributed by atoms with Crippen molar-refractivity contribution in [2.45, 2.75) is 5.41 Å². The Bertz CT molecular complexity index is 4460. The lowest BCUT2D eigenvalue weighted by Gasteiger charge is -2.32. The van der Waals surface area contributed by atoms with Crippen molar-refractivity contribution in [3.8, 4) is 44.5 Å². The topological polar surface area (TPSA) is 13.1 Å². The van der Waals surface area contributed by atoms with Crippen LogP contribution < -0.4 is 0 Å². The predicted octanol–water partition coefficient (Wildman–Crippen LogP) is 18.2. The fourth-order valence-electron chi connectivity index (χ4n) is 13.3. The van der Waals surface area contributed by atoms with E-state index in [0.29, 0.717) is 0 Å². The van der Waals surface area contributed by atoms with Crippen molar-refractivity contribution >= 4 is 86.6 Å². The van der Waals surface area contributed by atoms with Crippen LogP contribution in [-0.4, -0.2) is 0 Å². The van der Waals surface area contributed by atoms with Gasteiger partial charge in [0.05, 0.1) is 5.41 Å². The van der Waals surface area contributed by atoms with E-state index in [4.69, 9.17) is 4.42 Å². The van der Waals surface area contributed by atoms with Crippen LogP contribution in [0.3, 0.4) is 0 Å². The summed E-state index contributed by atoms with van der Waals surface area (Å²) in [5.74, 6) is 0. The maximum atomic E-state index is 6.54. The van der Waals surface area contributed by atoms with E-state index in [2.05, 4.69) is 231 Å². The zero-order valence-electron chi connectivity index (χ0n) is 36.8. The van der Waals surface area contributed by atoms with Crippen molar-refractivity contribution < 1.29 is 4.42 Å². The lowest BCUT2D eigenvalue weighted by atomic mass is 9.68. The second-order valence-corrected chi connectivity index (χ2v) is 18.9. The highest BCUT2D eigenvalue weighted by molar-refractivity contribution is 6.28. The molecule has 16 rings (SSSR count). The van der Waals surface area contributed by atoms with E-state index in [1.54, 1.807) is 0 Å². The minimum absolute atomic E-state index is 0.571. The van der Waals surface area contributed by atoms with Gasteiger partial charge in [-0.05, 0) is 156 Å². The molecule has 1 spiro atoms. The fourth-order valence-corrected chi connectivity index (χ4v) is 13.3. The van der Waals surface area contributed by atoms with Crippen LogP contribution in [0.4, 0.5) is 0 Å². The summed E-state index contributed by atoms with van der Waals surface area (Å²) >= 11 is 0. The van der Waals surface area contributed by atoms with Gasteiger partial charge >= 0.3 is 0 Å². The molecule has 0 radical (unpaired) electrons. The highest BCUT2D eigenvalue weighted by Gasteiger charge is 2.53. The van der Waals surface area contributed by atoms with Gasteiger partial charge in [0, 0.05) is 10.8 Å². The third-order valence-corrected chi connectivity index (χ3v) is 15.8. The maximum absolute atomic E-state index is 6.54. The molecule has 0 saturated heterocycles. The molecule has 0 bridgehead atoms. The average Bonchev–Trinajstić information content (AvgIpc) is 4.04. The molecule has 68 heavy (non-hydrogen) atoms. The van der Waals surface area contributed by atoms with E-state index in [0.717, 1.165) is 16.6 Å². The summed E-state index contributed by atoms with van der Waals surface area (Å²) in [5, 5.41) is 17.4. The number of rotatable bonds is 2. The molecule has 1 aromatic heterocycles. The zero-order valence-corrected chi connectivity index (χ0v) is 36.8. The summed E-state index contributed by atoms with van der Waals surface area (Å²) in [6.07, 6.45) is 0. The second-order valence-electron chi connectivity index (χ2n) is 18.9. The van der Waals surface area contributed by atoms with Gasteiger partial charge in [-0.1, -0.05) is 206 Å². The van der Waals surface area contributed by atoms with Gasteiger partial charge in [0.1, 0.15) is 11.2 Å². The smallest absolute Gasteiger partial charge is 0.136 e. The first kappa shape index (κ1) is 36.4. The quantitative estimate of drug-likeness (QED) is 0.125. The number of benzene rings is 13. The van der Waals surface area contributed by atoms with Crippen molar-refractivity contribution in [2.75, 3.05) is 0 Å². The third kappa shape index (κ3) is 4.47. The number of furan rings is 1. The Morgan fingerprint density at radius 2 is 0.735 bits per heavy atom. The summed E-state index contributed by atoms with van der Waals surface area (Å²) in [5.41, 5.74) is 16.9. The molecule has 0 amide bonds. The largest absolute Gasteiger partial charge is 0.456 e. The zero-order chi connectivity index (χ0) is 44.2. The molecule has 1 heterocycles. The molecular weight excluding hydrogens is 821 g/mol. The summed E-state index contributed by atoms with van der Waals surface area (Å²) < 4.78 is 6.54. The van der Waals surface area contributed by atoms with Gasteiger partial charge in [0.2, 0.25) is 0 Å². The van der Waals surface area contributed by atoms with E-state index in [1.807, 2.05) is 0 Å². The Balaban J connectivity index is 1.06. The van der Waals surface area contributed by atoms with E-state index in [-0.39, 0.29) is 0 Å². The normalized spacial score (nSPS) is 13.4. The minimum Gasteiger partial charge on any atom is -0.456 e. The van der Waals surface area contributed by atoms with Crippen LogP contribution in [0.1, 0.15) is 22.3 Å². The van der Waals surface area contributed by atoms with Crippen LogP contribution in [-0.2, 0) is 5.41 Å². The molecule has 1 nitrogen and oxygen atoms in total. The summed E-state index contributed by atoms with van der Waals surface area (Å²) in [6, 6.07) is 86.6. The standard InChI is InChI=1S/C67H38O/c1-2-18-41-39(17-1)33-36-60-63(41)55-37-40(34-35-59(55)68-60)61-49-26-8-10-28-51(49)62(52-29-11-9-27-50(52)61)54-38-58-64(47-24-6-4-21-44(47)54)65-48-25-7-3-19-42(48)43-20-5-12-30-53(43)66(65)67(58)56-31-15-13-22-45(56)46-23-14-16-32-57(46)67/h1-38H. The SMILES string of the molecule is c1ccc2c(c1)-c1ccccc1C21c2cc(-c3c4ccccc4c(-c4ccc5oc6ccc7ccccc7c6c5c4)c4ccccc34)c3ccccc3c2-c2c1c1ccccc1c1ccccc21. The average molecular weight is 859 g/mol. The molecule has 0 fully saturated rings. The number of fused-ring (bicyclic) bond motifs is 24. The van der Waals surface area contributed by atoms with E-state index in [1.165, 1.54) is 137 Å². The number of hydrogen-bond acceptors (Lipinski definition) is 1. The monoisotopic (exact) mass is 858 g/mol. The lowest BCUT2D eigenvalue weighted by molar-refractivity contribution is 0.669. The van der Waals surface area contributed by atoms with Crippen molar-refractivity contribution in [1.82, 2.24) is 0 Å². The van der Waals surface area contributed by atoms with Crippen LogP contribution in [0, 0.1) is 0 Å². The molecule has 0 aliphatic heterocycles. The third-order valence-electron chi connectivity index (χ3n) is 15.8. The van der Waals surface area contributed by atoms with Gasteiger partial charge in [-0.15, -0.1) is 0 Å². The van der Waals surface area contributed by atoms with Gasteiger partial charge in [-0.25, -0.2) is 0 Å². The summed E-state index contributed by atoms with van der Waals surface area (Å²) in [6.45, 7) is 0. The first-order valence-electron chi connectivity index (χ1n) is 23.8. The molecular formula is C67H38O. The highest BCUT2D eigenvalue weighted by atomic mass is 16.3. The molecule has 0 N–H and O–H groups in total. The van der Waals surface area contributed by atoms with Crippen molar-refractivity contribution in [1.29, 1.82) is 0 Å². The van der Waals surface area contributed by atoms with Gasteiger partial charge in [-0.3, -0.25) is 0 Å². The molecule has 312 valence electrons. The molecule has 0 atom stereocenters. The van der Waals surface area contributed by atoms with Crippen LogP contribution >= 0.6 is 0 Å². The summed E-state index contributed by atoms with van der Waals surface area (Å²) in [4.78, 5) is 0. The highest BCUT2D eigenvalue weighted by Crippen LogP contribution is 2.67. The van der Waals surface area contributed by atoms with Crippen molar-refractivity contribution in [3.05, 3.63) is 253 Å².